The highest BCUT2D eigenvalue weighted by Crippen LogP contribution is 2.34. The Bertz CT molecular complexity index is 1500. The third-order valence-corrected chi connectivity index (χ3v) is 6.48. The molecule has 0 atom stereocenters. The number of ether oxygens (including phenoxy) is 4. The predicted octanol–water partition coefficient (Wildman–Crippen LogP) is 6.63. The van der Waals surface area contributed by atoms with Crippen LogP contribution >= 0.6 is 22.9 Å². The Labute approximate surface area is 234 Å². The fraction of sp³-hybridized carbons (Fsp3) is 0.103. The number of benzene rings is 3. The van der Waals surface area contributed by atoms with Crippen LogP contribution in [0.5, 0.6) is 28.7 Å². The first kappa shape index (κ1) is 27.6. The van der Waals surface area contributed by atoms with Crippen molar-refractivity contribution in [2.75, 3.05) is 26.6 Å². The summed E-state index contributed by atoms with van der Waals surface area (Å²) >= 11 is 7.65. The van der Waals surface area contributed by atoms with Crippen LogP contribution in [-0.4, -0.2) is 33.1 Å². The Kier molecular flexibility index (Phi) is 9.09. The number of amides is 2. The lowest BCUT2D eigenvalue weighted by Gasteiger charge is -2.15. The normalized spacial score (nSPS) is 10.9. The first-order valence-electron chi connectivity index (χ1n) is 11.6. The van der Waals surface area contributed by atoms with E-state index in [4.69, 9.17) is 30.5 Å². The molecule has 10 heteroatoms. The van der Waals surface area contributed by atoms with Crippen molar-refractivity contribution in [2.24, 2.45) is 0 Å². The van der Waals surface area contributed by atoms with Gasteiger partial charge in [-0.25, -0.2) is 0 Å². The number of carbonyl (C=O) groups is 2. The second-order valence-corrected chi connectivity index (χ2v) is 9.39. The van der Waals surface area contributed by atoms with Crippen LogP contribution < -0.4 is 29.6 Å². The van der Waals surface area contributed by atoms with Gasteiger partial charge in [0.1, 0.15) is 17.2 Å². The van der Waals surface area contributed by atoms with E-state index < -0.39 is 11.8 Å². The maximum absolute atomic E-state index is 13.5. The van der Waals surface area contributed by atoms with Crippen LogP contribution in [0.4, 0.5) is 5.69 Å². The van der Waals surface area contributed by atoms with Gasteiger partial charge in [0.25, 0.3) is 11.8 Å². The van der Waals surface area contributed by atoms with E-state index in [1.807, 2.05) is 17.5 Å². The molecule has 0 saturated carbocycles. The van der Waals surface area contributed by atoms with Gasteiger partial charge in [-0.15, -0.1) is 11.3 Å². The van der Waals surface area contributed by atoms with Crippen molar-refractivity contribution in [3.05, 3.63) is 99.3 Å². The first-order chi connectivity index (χ1) is 18.9. The summed E-state index contributed by atoms with van der Waals surface area (Å²) in [6, 6.07) is 20.3. The molecular weight excluding hydrogens is 540 g/mol. The average Bonchev–Trinajstić information content (AvgIpc) is 3.47. The van der Waals surface area contributed by atoms with Crippen molar-refractivity contribution in [1.29, 1.82) is 0 Å². The molecule has 0 aliphatic carbocycles. The number of hydrogen-bond donors (Lipinski definition) is 2. The number of methoxy groups -OCH3 is 3. The molecule has 0 fully saturated rings. The molecule has 0 aliphatic rings. The standard InChI is InChI=1S/C29H25ClN2O6S/c1-35-20-6-4-7-21(16-20)38-25-12-10-19(30)15-23(25)31-29(34)24(17-22-8-5-13-39-22)32-28(33)18-9-11-26(36-2)27(14-18)37-3/h4-17H,1-3H3,(H,31,34)(H,32,33)/b24-17-. The Morgan fingerprint density at radius 1 is 0.821 bits per heavy atom. The lowest BCUT2D eigenvalue weighted by atomic mass is 10.1. The molecule has 0 saturated heterocycles. The summed E-state index contributed by atoms with van der Waals surface area (Å²) in [7, 11) is 4.54. The highest BCUT2D eigenvalue weighted by molar-refractivity contribution is 7.10. The summed E-state index contributed by atoms with van der Waals surface area (Å²) in [5, 5.41) is 7.78. The van der Waals surface area contributed by atoms with Gasteiger partial charge < -0.3 is 29.6 Å². The van der Waals surface area contributed by atoms with Gasteiger partial charge in [-0.05, 0) is 66.1 Å². The molecule has 0 radical (unpaired) electrons. The van der Waals surface area contributed by atoms with Crippen molar-refractivity contribution in [3.63, 3.8) is 0 Å². The van der Waals surface area contributed by atoms with E-state index in [0.717, 1.165) is 4.88 Å². The number of anilines is 1. The molecule has 0 unspecified atom stereocenters. The van der Waals surface area contributed by atoms with Crippen molar-refractivity contribution < 1.29 is 28.5 Å². The van der Waals surface area contributed by atoms with Crippen molar-refractivity contribution in [2.45, 2.75) is 0 Å². The molecule has 39 heavy (non-hydrogen) atoms. The molecule has 2 amide bonds. The zero-order valence-corrected chi connectivity index (χ0v) is 22.9. The predicted molar refractivity (Wildman–Crippen MR) is 152 cm³/mol. The molecule has 2 N–H and O–H groups in total. The third-order valence-electron chi connectivity index (χ3n) is 5.43. The number of hydrogen-bond acceptors (Lipinski definition) is 7. The summed E-state index contributed by atoms with van der Waals surface area (Å²) in [5.41, 5.74) is 0.611. The summed E-state index contributed by atoms with van der Waals surface area (Å²) in [4.78, 5) is 27.4. The van der Waals surface area contributed by atoms with Crippen LogP contribution in [0, 0.1) is 0 Å². The number of rotatable bonds is 10. The third kappa shape index (κ3) is 7.10. The van der Waals surface area contributed by atoms with Gasteiger partial charge in [0.15, 0.2) is 17.2 Å². The Balaban J connectivity index is 1.61. The lowest BCUT2D eigenvalue weighted by molar-refractivity contribution is -0.113. The van der Waals surface area contributed by atoms with E-state index in [2.05, 4.69) is 10.6 Å². The molecule has 200 valence electrons. The molecule has 1 heterocycles. The summed E-state index contributed by atoms with van der Waals surface area (Å²) in [6.07, 6.45) is 1.59. The number of thiophene rings is 1. The average molecular weight is 565 g/mol. The van der Waals surface area contributed by atoms with Gasteiger partial charge in [0, 0.05) is 21.5 Å². The summed E-state index contributed by atoms with van der Waals surface area (Å²) in [5.74, 6) is 1.25. The molecule has 1 aromatic heterocycles. The second-order valence-electron chi connectivity index (χ2n) is 7.97. The highest BCUT2D eigenvalue weighted by Gasteiger charge is 2.19. The van der Waals surface area contributed by atoms with E-state index in [0.29, 0.717) is 39.5 Å². The van der Waals surface area contributed by atoms with Crippen molar-refractivity contribution in [1.82, 2.24) is 5.32 Å². The van der Waals surface area contributed by atoms with Gasteiger partial charge in [0.05, 0.1) is 27.0 Å². The quantitative estimate of drug-likeness (QED) is 0.210. The van der Waals surface area contributed by atoms with Crippen LogP contribution in [-0.2, 0) is 4.79 Å². The van der Waals surface area contributed by atoms with Crippen LogP contribution in [0.3, 0.4) is 0 Å². The van der Waals surface area contributed by atoms with E-state index in [-0.39, 0.29) is 11.3 Å². The fourth-order valence-corrected chi connectivity index (χ4v) is 4.35. The monoisotopic (exact) mass is 564 g/mol. The molecule has 0 aliphatic heterocycles. The largest absolute Gasteiger partial charge is 0.497 e. The minimum Gasteiger partial charge on any atom is -0.497 e. The maximum Gasteiger partial charge on any atom is 0.272 e. The van der Waals surface area contributed by atoms with Gasteiger partial charge in [-0.3, -0.25) is 9.59 Å². The molecule has 0 spiro atoms. The van der Waals surface area contributed by atoms with E-state index in [9.17, 15) is 9.59 Å². The number of carbonyl (C=O) groups excluding carboxylic acids is 2. The molecule has 4 aromatic rings. The van der Waals surface area contributed by atoms with Gasteiger partial charge in [0.2, 0.25) is 0 Å². The number of nitrogens with one attached hydrogen (secondary N) is 2. The van der Waals surface area contributed by atoms with Crippen LogP contribution in [0.25, 0.3) is 6.08 Å². The topological polar surface area (TPSA) is 95.1 Å². The van der Waals surface area contributed by atoms with Gasteiger partial charge in [-0.1, -0.05) is 23.7 Å². The minimum atomic E-state index is -0.574. The van der Waals surface area contributed by atoms with E-state index in [1.165, 1.54) is 31.6 Å². The van der Waals surface area contributed by atoms with Gasteiger partial charge >= 0.3 is 0 Å². The Hall–Kier alpha value is -4.47. The van der Waals surface area contributed by atoms with E-state index in [1.54, 1.807) is 67.8 Å². The summed E-state index contributed by atoms with van der Waals surface area (Å²) < 4.78 is 21.8. The van der Waals surface area contributed by atoms with Crippen molar-refractivity contribution in [3.8, 4) is 28.7 Å². The molecular formula is C29H25ClN2O6S. The first-order valence-corrected chi connectivity index (χ1v) is 12.9. The zero-order chi connectivity index (χ0) is 27.8. The molecule has 3 aromatic carbocycles. The Morgan fingerprint density at radius 3 is 2.31 bits per heavy atom. The Morgan fingerprint density at radius 2 is 1.59 bits per heavy atom. The number of halogens is 1. The molecule has 0 bridgehead atoms. The van der Waals surface area contributed by atoms with E-state index >= 15 is 0 Å². The zero-order valence-electron chi connectivity index (χ0n) is 21.3. The van der Waals surface area contributed by atoms with Crippen LogP contribution in [0.1, 0.15) is 15.2 Å². The fourth-order valence-electron chi connectivity index (χ4n) is 3.52. The maximum atomic E-state index is 13.5. The smallest absolute Gasteiger partial charge is 0.272 e. The SMILES string of the molecule is COc1cccc(Oc2ccc(Cl)cc2NC(=O)/C(=C/c2cccs2)NC(=O)c2ccc(OC)c(OC)c2)c1. The van der Waals surface area contributed by atoms with Gasteiger partial charge in [-0.2, -0.15) is 0 Å². The molecule has 8 nitrogen and oxygen atoms in total. The molecule has 4 rings (SSSR count). The highest BCUT2D eigenvalue weighted by atomic mass is 35.5. The van der Waals surface area contributed by atoms with Crippen LogP contribution in [0.2, 0.25) is 5.02 Å². The minimum absolute atomic E-state index is 0.0181. The van der Waals surface area contributed by atoms with Crippen LogP contribution in [0.15, 0.2) is 83.9 Å². The second kappa shape index (κ2) is 12.9. The summed E-state index contributed by atoms with van der Waals surface area (Å²) in [6.45, 7) is 0. The lowest BCUT2D eigenvalue weighted by Crippen LogP contribution is -2.30. The van der Waals surface area contributed by atoms with Crippen molar-refractivity contribution >= 4 is 46.5 Å².